The maximum Gasteiger partial charge on any atom is 0.198 e. The van der Waals surface area contributed by atoms with Gasteiger partial charge in [-0.05, 0) is 30.3 Å². The summed E-state index contributed by atoms with van der Waals surface area (Å²) in [6.45, 7) is 0. The number of halogens is 4. The molecule has 0 radical (unpaired) electrons. The van der Waals surface area contributed by atoms with Crippen LogP contribution in [0.25, 0.3) is 11.3 Å². The lowest BCUT2D eigenvalue weighted by Gasteiger charge is -2.03. The van der Waals surface area contributed by atoms with Crippen LogP contribution in [0.3, 0.4) is 0 Å². The van der Waals surface area contributed by atoms with Crippen molar-refractivity contribution in [1.29, 1.82) is 0 Å². The second kappa shape index (κ2) is 6.69. The first-order valence-electron chi connectivity index (χ1n) is 5.93. The number of aromatic amines is 1. The summed E-state index contributed by atoms with van der Waals surface area (Å²) in [5, 5.41) is 0. The number of aromatic nitrogens is 2. The van der Waals surface area contributed by atoms with Gasteiger partial charge in [0.25, 0.3) is 0 Å². The van der Waals surface area contributed by atoms with E-state index in [9.17, 15) is 17.6 Å². The van der Waals surface area contributed by atoms with Gasteiger partial charge in [0.1, 0.15) is 0 Å². The second-order valence-corrected chi connectivity index (χ2v) is 3.96. The molecule has 0 saturated carbocycles. The van der Waals surface area contributed by atoms with Crippen LogP contribution in [0.5, 0.6) is 0 Å². The molecular formula is C15H10F4N2. The maximum absolute atomic E-state index is 13.2. The summed E-state index contributed by atoms with van der Waals surface area (Å²) in [5.41, 5.74) is -0.151. The lowest BCUT2D eigenvalue weighted by Crippen LogP contribution is -1.98. The van der Waals surface area contributed by atoms with E-state index in [0.29, 0.717) is 6.07 Å². The van der Waals surface area contributed by atoms with Crippen LogP contribution in [-0.4, -0.2) is 9.97 Å². The Balaban J connectivity index is 0.000000225. The minimum atomic E-state index is -1.81. The third-order valence-electron chi connectivity index (χ3n) is 2.56. The minimum Gasteiger partial charge on any atom is -0.361 e. The van der Waals surface area contributed by atoms with E-state index in [4.69, 9.17) is 0 Å². The fourth-order valence-corrected chi connectivity index (χ4v) is 1.58. The highest BCUT2D eigenvalue weighted by Gasteiger charge is 2.19. The van der Waals surface area contributed by atoms with E-state index in [1.807, 2.05) is 18.2 Å². The molecule has 0 fully saturated rings. The molecule has 0 aliphatic carbocycles. The normalized spacial score (nSPS) is 9.90. The molecule has 108 valence electrons. The number of nitrogens with zero attached hydrogens (tertiary/aromatic N) is 1. The minimum absolute atomic E-state index is 0.185. The standard InChI is InChI=1S/C10H5F4N.C5H5N/c11-6-4-5(7-2-1-3-15-7)8(12)10(14)9(6)13;1-2-4-6-5-3-1/h1-4,15H;1-5H. The van der Waals surface area contributed by atoms with Crippen molar-refractivity contribution in [2.45, 2.75) is 0 Å². The van der Waals surface area contributed by atoms with Crippen molar-refractivity contribution < 1.29 is 17.6 Å². The molecule has 0 bridgehead atoms. The van der Waals surface area contributed by atoms with E-state index >= 15 is 0 Å². The first-order valence-corrected chi connectivity index (χ1v) is 5.93. The number of hydrogen-bond donors (Lipinski definition) is 1. The third-order valence-corrected chi connectivity index (χ3v) is 2.56. The van der Waals surface area contributed by atoms with Crippen LogP contribution < -0.4 is 0 Å². The Bertz CT molecular complexity index is 671. The van der Waals surface area contributed by atoms with E-state index in [2.05, 4.69) is 9.97 Å². The zero-order chi connectivity index (χ0) is 15.2. The molecule has 1 N–H and O–H groups in total. The molecule has 2 nitrogen and oxygen atoms in total. The molecule has 21 heavy (non-hydrogen) atoms. The lowest BCUT2D eigenvalue weighted by atomic mass is 10.1. The van der Waals surface area contributed by atoms with Crippen molar-refractivity contribution >= 4 is 0 Å². The number of hydrogen-bond acceptors (Lipinski definition) is 1. The Morgan fingerprint density at radius 1 is 0.810 bits per heavy atom. The summed E-state index contributed by atoms with van der Waals surface area (Å²) in [6, 6.07) is 9.29. The van der Waals surface area contributed by atoms with Gasteiger partial charge in [-0.15, -0.1) is 0 Å². The molecule has 3 rings (SSSR count). The van der Waals surface area contributed by atoms with Gasteiger partial charge in [-0.3, -0.25) is 4.98 Å². The van der Waals surface area contributed by atoms with Crippen LogP contribution in [-0.2, 0) is 0 Å². The molecule has 0 aliphatic rings. The smallest absolute Gasteiger partial charge is 0.198 e. The molecular weight excluding hydrogens is 284 g/mol. The van der Waals surface area contributed by atoms with Crippen molar-refractivity contribution in [2.24, 2.45) is 0 Å². The molecule has 6 heteroatoms. The van der Waals surface area contributed by atoms with Crippen molar-refractivity contribution in [3.63, 3.8) is 0 Å². The number of benzene rings is 1. The maximum atomic E-state index is 13.2. The number of H-pyrrole nitrogens is 1. The van der Waals surface area contributed by atoms with Crippen LogP contribution in [0.2, 0.25) is 0 Å². The van der Waals surface area contributed by atoms with E-state index in [0.717, 1.165) is 0 Å². The predicted molar refractivity (Wildman–Crippen MR) is 70.3 cm³/mol. The number of nitrogens with one attached hydrogen (secondary N) is 1. The lowest BCUT2D eigenvalue weighted by molar-refractivity contribution is 0.410. The summed E-state index contributed by atoms with van der Waals surface area (Å²) in [7, 11) is 0. The average molecular weight is 294 g/mol. The van der Waals surface area contributed by atoms with E-state index in [1.165, 1.54) is 18.3 Å². The van der Waals surface area contributed by atoms with Gasteiger partial charge in [0, 0.05) is 29.8 Å². The monoisotopic (exact) mass is 294 g/mol. The first-order chi connectivity index (χ1) is 10.1. The van der Waals surface area contributed by atoms with Gasteiger partial charge < -0.3 is 4.98 Å². The molecule has 0 unspecified atom stereocenters. The van der Waals surface area contributed by atoms with Crippen molar-refractivity contribution in [1.82, 2.24) is 9.97 Å². The molecule has 1 aromatic carbocycles. The fraction of sp³-hybridized carbons (Fsp3) is 0. The van der Waals surface area contributed by atoms with E-state index in [-0.39, 0.29) is 11.3 Å². The van der Waals surface area contributed by atoms with Crippen LogP contribution in [0.4, 0.5) is 17.6 Å². The largest absolute Gasteiger partial charge is 0.361 e. The van der Waals surface area contributed by atoms with Gasteiger partial charge in [-0.25, -0.2) is 17.6 Å². The Morgan fingerprint density at radius 3 is 2.00 bits per heavy atom. The van der Waals surface area contributed by atoms with E-state index in [1.54, 1.807) is 12.4 Å². The van der Waals surface area contributed by atoms with Gasteiger partial charge in [0.05, 0.1) is 0 Å². The summed E-state index contributed by atoms with van der Waals surface area (Å²) in [5.74, 6) is -6.43. The second-order valence-electron chi connectivity index (χ2n) is 3.96. The quantitative estimate of drug-likeness (QED) is 0.404. The Hall–Kier alpha value is -2.63. The molecule has 0 aliphatic heterocycles. The Kier molecular flexibility index (Phi) is 4.71. The van der Waals surface area contributed by atoms with E-state index < -0.39 is 23.3 Å². The third kappa shape index (κ3) is 3.47. The molecule has 2 heterocycles. The van der Waals surface area contributed by atoms with Crippen LogP contribution in [0.15, 0.2) is 55.0 Å². The Labute approximate surface area is 118 Å². The summed E-state index contributed by atoms with van der Waals surface area (Å²) < 4.78 is 51.5. The first kappa shape index (κ1) is 14.8. The summed E-state index contributed by atoms with van der Waals surface area (Å²) in [6.07, 6.45) is 4.97. The number of pyridine rings is 1. The van der Waals surface area contributed by atoms with Gasteiger partial charge in [0.15, 0.2) is 23.3 Å². The van der Waals surface area contributed by atoms with Crippen molar-refractivity contribution in [3.05, 3.63) is 78.3 Å². The van der Waals surface area contributed by atoms with Gasteiger partial charge in [0.2, 0.25) is 0 Å². The highest BCUT2D eigenvalue weighted by Crippen LogP contribution is 2.26. The zero-order valence-corrected chi connectivity index (χ0v) is 10.7. The van der Waals surface area contributed by atoms with Crippen molar-refractivity contribution in [2.75, 3.05) is 0 Å². The molecule has 0 saturated heterocycles. The molecule has 0 spiro atoms. The molecule has 3 aromatic rings. The highest BCUT2D eigenvalue weighted by molar-refractivity contribution is 5.60. The molecule has 0 atom stereocenters. The molecule has 0 amide bonds. The fourth-order valence-electron chi connectivity index (χ4n) is 1.58. The number of rotatable bonds is 1. The summed E-state index contributed by atoms with van der Waals surface area (Å²) in [4.78, 5) is 6.36. The van der Waals surface area contributed by atoms with Gasteiger partial charge in [-0.2, -0.15) is 0 Å². The van der Waals surface area contributed by atoms with Crippen LogP contribution in [0, 0.1) is 23.3 Å². The Morgan fingerprint density at radius 2 is 1.52 bits per heavy atom. The highest BCUT2D eigenvalue weighted by atomic mass is 19.2. The van der Waals surface area contributed by atoms with Gasteiger partial charge >= 0.3 is 0 Å². The SMILES string of the molecule is Fc1cc(-c2ccc[nH]2)c(F)c(F)c1F.c1ccncc1. The van der Waals surface area contributed by atoms with Gasteiger partial charge in [-0.1, -0.05) is 6.07 Å². The topological polar surface area (TPSA) is 28.7 Å². The predicted octanol–water partition coefficient (Wildman–Crippen LogP) is 4.32. The molecule has 2 aromatic heterocycles. The van der Waals surface area contributed by atoms with Crippen molar-refractivity contribution in [3.8, 4) is 11.3 Å². The average Bonchev–Trinajstić information content (AvgIpc) is 3.05. The summed E-state index contributed by atoms with van der Waals surface area (Å²) >= 11 is 0. The zero-order valence-electron chi connectivity index (χ0n) is 10.7. The van der Waals surface area contributed by atoms with Crippen LogP contribution in [0.1, 0.15) is 0 Å². The van der Waals surface area contributed by atoms with Crippen LogP contribution >= 0.6 is 0 Å².